The third-order valence-electron chi connectivity index (χ3n) is 2.76. The molecule has 1 saturated heterocycles. The van der Waals surface area contributed by atoms with Crippen molar-refractivity contribution in [1.29, 1.82) is 0 Å². The fourth-order valence-corrected chi connectivity index (χ4v) is 2.99. The van der Waals surface area contributed by atoms with Gasteiger partial charge >= 0.3 is 6.09 Å². The minimum atomic E-state index is -3.31. The van der Waals surface area contributed by atoms with Crippen LogP contribution in [0.4, 0.5) is 4.79 Å². The quantitative estimate of drug-likeness (QED) is 0.557. The molecule has 0 spiro atoms. The Kier molecular flexibility index (Phi) is 7.05. The van der Waals surface area contributed by atoms with E-state index in [4.69, 9.17) is 16.3 Å². The molecule has 0 bridgehead atoms. The number of hydrogen-bond acceptors (Lipinski definition) is 5. The van der Waals surface area contributed by atoms with Crippen molar-refractivity contribution in [3.05, 3.63) is 23.8 Å². The van der Waals surface area contributed by atoms with Gasteiger partial charge in [0.1, 0.15) is 6.61 Å². The summed E-state index contributed by atoms with van der Waals surface area (Å²) < 4.78 is 29.3. The Balaban J connectivity index is 2.69. The van der Waals surface area contributed by atoms with Crippen LogP contribution in [0.2, 0.25) is 0 Å². The Hall–Kier alpha value is -0.700. The van der Waals surface area contributed by atoms with Gasteiger partial charge in [0.15, 0.2) is 0 Å². The van der Waals surface area contributed by atoms with Crippen molar-refractivity contribution in [2.45, 2.75) is 17.7 Å². The summed E-state index contributed by atoms with van der Waals surface area (Å²) in [5.41, 5.74) is 0. The van der Waals surface area contributed by atoms with Gasteiger partial charge in [-0.15, -0.1) is 0 Å². The molecular formula is C12H19ClN2O4S2. The summed E-state index contributed by atoms with van der Waals surface area (Å²) in [6, 6.07) is -0.265. The highest BCUT2D eigenvalue weighted by Crippen LogP contribution is 2.25. The molecule has 0 radical (unpaired) electrons. The van der Waals surface area contributed by atoms with Crippen molar-refractivity contribution in [2.24, 2.45) is 0 Å². The Labute approximate surface area is 135 Å². The molecule has 1 amide bonds. The molecule has 1 heterocycles. The van der Waals surface area contributed by atoms with Crippen LogP contribution in [-0.4, -0.2) is 56.7 Å². The third-order valence-corrected chi connectivity index (χ3v) is 4.06. The number of sulfonamides is 1. The molecular weight excluding hydrogens is 336 g/mol. The summed E-state index contributed by atoms with van der Waals surface area (Å²) in [6.07, 6.45) is 4.34. The molecule has 1 N–H and O–H groups in total. The van der Waals surface area contributed by atoms with Gasteiger partial charge in [-0.2, -0.15) is 12.6 Å². The predicted octanol–water partition coefficient (Wildman–Crippen LogP) is 1.35. The first-order valence-electron chi connectivity index (χ1n) is 6.26. The van der Waals surface area contributed by atoms with Crippen LogP contribution in [0.5, 0.6) is 0 Å². The highest BCUT2D eigenvalue weighted by Gasteiger charge is 2.33. The molecule has 1 aliphatic rings. The van der Waals surface area contributed by atoms with Crippen LogP contribution < -0.4 is 4.72 Å². The molecule has 0 aromatic rings. The van der Waals surface area contributed by atoms with Crippen LogP contribution in [-0.2, 0) is 14.8 Å². The Bertz CT molecular complexity index is 521. The van der Waals surface area contributed by atoms with Crippen molar-refractivity contribution < 1.29 is 17.9 Å². The molecule has 120 valence electrons. The van der Waals surface area contributed by atoms with Gasteiger partial charge in [-0.1, -0.05) is 24.3 Å². The lowest BCUT2D eigenvalue weighted by molar-refractivity contribution is 0.114. The van der Waals surface area contributed by atoms with E-state index in [9.17, 15) is 13.2 Å². The lowest BCUT2D eigenvalue weighted by atomic mass is 10.2. The lowest BCUT2D eigenvalue weighted by Gasteiger charge is -2.21. The largest absolute Gasteiger partial charge is 0.445 e. The topological polar surface area (TPSA) is 75.7 Å². The zero-order chi connectivity index (χ0) is 16.0. The second-order valence-electron chi connectivity index (χ2n) is 4.68. The van der Waals surface area contributed by atoms with E-state index in [1.807, 2.05) is 0 Å². The highest BCUT2D eigenvalue weighted by molar-refractivity contribution is 7.88. The van der Waals surface area contributed by atoms with Gasteiger partial charge in [-0.3, -0.25) is 0 Å². The average Bonchev–Trinajstić information content (AvgIpc) is 2.73. The number of amides is 1. The van der Waals surface area contributed by atoms with Crippen LogP contribution in [0.1, 0.15) is 6.42 Å². The first kappa shape index (κ1) is 18.3. The number of rotatable bonds is 6. The van der Waals surface area contributed by atoms with E-state index < -0.39 is 16.1 Å². The SMILES string of the molecule is C=CCOC(=O)N1C[C@@H](S)C[C@H]1/C=C(/Cl)CNS(C)(=O)=O. The molecule has 2 atom stereocenters. The van der Waals surface area contributed by atoms with E-state index in [1.165, 1.54) is 11.0 Å². The van der Waals surface area contributed by atoms with Gasteiger partial charge in [0.05, 0.1) is 12.3 Å². The van der Waals surface area contributed by atoms with Crippen LogP contribution in [0, 0.1) is 0 Å². The molecule has 1 fully saturated rings. The van der Waals surface area contributed by atoms with E-state index in [2.05, 4.69) is 23.9 Å². The molecule has 6 nitrogen and oxygen atoms in total. The summed E-state index contributed by atoms with van der Waals surface area (Å²) >= 11 is 10.4. The second-order valence-corrected chi connectivity index (χ2v) is 7.73. The van der Waals surface area contributed by atoms with Crippen molar-refractivity contribution in [2.75, 3.05) is 26.0 Å². The minimum Gasteiger partial charge on any atom is -0.445 e. The third kappa shape index (κ3) is 6.73. The zero-order valence-electron chi connectivity index (χ0n) is 11.7. The molecule has 0 aromatic carbocycles. The normalized spacial score (nSPS) is 23.2. The number of halogens is 1. The van der Waals surface area contributed by atoms with Crippen molar-refractivity contribution in [3.63, 3.8) is 0 Å². The molecule has 9 heteroatoms. The number of thiol groups is 1. The monoisotopic (exact) mass is 354 g/mol. The van der Waals surface area contributed by atoms with Gasteiger partial charge in [0.25, 0.3) is 0 Å². The van der Waals surface area contributed by atoms with E-state index in [-0.39, 0.29) is 24.4 Å². The maximum absolute atomic E-state index is 11.9. The standard InChI is InChI=1S/C12H19ClN2O4S2/c1-3-4-19-12(16)15-8-11(20)6-10(15)5-9(13)7-14-21(2,17)18/h3,5,10-11,14,20H,1,4,6-8H2,2H3/b9-5+/t10-,11+/m1/s1. The van der Waals surface area contributed by atoms with Crippen LogP contribution in [0.15, 0.2) is 23.8 Å². The number of nitrogens with zero attached hydrogens (tertiary/aromatic N) is 1. The van der Waals surface area contributed by atoms with Crippen LogP contribution >= 0.6 is 24.2 Å². The summed E-state index contributed by atoms with van der Waals surface area (Å²) in [4.78, 5) is 13.4. The number of ether oxygens (including phenoxy) is 1. The molecule has 1 aliphatic heterocycles. The maximum Gasteiger partial charge on any atom is 0.410 e. The predicted molar refractivity (Wildman–Crippen MR) is 86.2 cm³/mol. The Morgan fingerprint density at radius 2 is 2.29 bits per heavy atom. The van der Waals surface area contributed by atoms with Crippen molar-refractivity contribution >= 4 is 40.3 Å². The first-order valence-corrected chi connectivity index (χ1v) is 9.04. The van der Waals surface area contributed by atoms with Crippen molar-refractivity contribution in [3.8, 4) is 0 Å². The average molecular weight is 355 g/mol. The first-order chi connectivity index (χ1) is 9.73. The zero-order valence-corrected chi connectivity index (χ0v) is 14.1. The minimum absolute atomic E-state index is 0.0102. The number of carbonyl (C=O) groups excluding carboxylic acids is 1. The maximum atomic E-state index is 11.9. The van der Waals surface area contributed by atoms with Crippen molar-refractivity contribution in [1.82, 2.24) is 9.62 Å². The van der Waals surface area contributed by atoms with Gasteiger partial charge in [0, 0.05) is 23.4 Å². The molecule has 0 saturated carbocycles. The summed E-state index contributed by atoms with van der Waals surface area (Å²) in [5.74, 6) is 0. The molecule has 1 rings (SSSR count). The summed E-state index contributed by atoms with van der Waals surface area (Å²) in [7, 11) is -3.31. The fourth-order valence-electron chi connectivity index (χ4n) is 1.89. The number of nitrogens with one attached hydrogen (secondary N) is 1. The molecule has 0 unspecified atom stereocenters. The van der Waals surface area contributed by atoms with E-state index in [0.717, 1.165) is 6.26 Å². The van der Waals surface area contributed by atoms with E-state index >= 15 is 0 Å². The van der Waals surface area contributed by atoms with Gasteiger partial charge in [-0.25, -0.2) is 17.9 Å². The lowest BCUT2D eigenvalue weighted by Crippen LogP contribution is -2.35. The summed E-state index contributed by atoms with van der Waals surface area (Å²) in [6.45, 7) is 4.05. The van der Waals surface area contributed by atoms with E-state index in [1.54, 1.807) is 6.08 Å². The Morgan fingerprint density at radius 1 is 1.62 bits per heavy atom. The van der Waals surface area contributed by atoms with Crippen LogP contribution in [0.3, 0.4) is 0 Å². The van der Waals surface area contributed by atoms with Gasteiger partial charge in [0.2, 0.25) is 10.0 Å². The molecule has 0 aliphatic carbocycles. The second kappa shape index (κ2) is 8.07. The number of hydrogen-bond donors (Lipinski definition) is 2. The highest BCUT2D eigenvalue weighted by atomic mass is 35.5. The van der Waals surface area contributed by atoms with Gasteiger partial charge in [-0.05, 0) is 12.5 Å². The Morgan fingerprint density at radius 3 is 2.86 bits per heavy atom. The fraction of sp³-hybridized carbons (Fsp3) is 0.583. The molecule has 21 heavy (non-hydrogen) atoms. The smallest absolute Gasteiger partial charge is 0.410 e. The van der Waals surface area contributed by atoms with E-state index in [0.29, 0.717) is 18.0 Å². The number of carbonyl (C=O) groups is 1. The molecule has 0 aromatic heterocycles. The van der Waals surface area contributed by atoms with Gasteiger partial charge < -0.3 is 9.64 Å². The van der Waals surface area contributed by atoms with Crippen LogP contribution in [0.25, 0.3) is 0 Å². The summed E-state index contributed by atoms with van der Waals surface area (Å²) in [5, 5.41) is 0.337. The number of likely N-dealkylation sites (tertiary alicyclic amines) is 1.